The number of hydrogen-bond acceptors (Lipinski definition) is 10. The zero-order valence-electron chi connectivity index (χ0n) is 27.3. The molecule has 0 saturated carbocycles. The number of aromatic nitrogens is 2. The van der Waals surface area contributed by atoms with Crippen molar-refractivity contribution in [2.75, 3.05) is 61.7 Å². The molecular formula is C32H39ClF3N7O5S. The van der Waals surface area contributed by atoms with E-state index in [1.54, 1.807) is 18.2 Å². The van der Waals surface area contributed by atoms with Crippen LogP contribution in [0.25, 0.3) is 0 Å². The lowest BCUT2D eigenvalue weighted by molar-refractivity contribution is -0.137. The van der Waals surface area contributed by atoms with E-state index in [0.717, 1.165) is 62.5 Å². The Balaban J connectivity index is 1.28. The number of rotatable bonds is 11. The number of ether oxygens (including phenoxy) is 2. The van der Waals surface area contributed by atoms with E-state index in [-0.39, 0.29) is 40.9 Å². The van der Waals surface area contributed by atoms with Gasteiger partial charge in [-0.1, -0.05) is 17.7 Å². The first kappa shape index (κ1) is 36.4. The maximum atomic E-state index is 14.0. The summed E-state index contributed by atoms with van der Waals surface area (Å²) in [5.74, 6) is -0.707. The highest BCUT2D eigenvalue weighted by molar-refractivity contribution is 7.92. The Hall–Kier alpha value is -3.86. The van der Waals surface area contributed by atoms with Crippen LogP contribution in [0.2, 0.25) is 5.02 Å². The van der Waals surface area contributed by atoms with Gasteiger partial charge in [-0.25, -0.2) is 13.4 Å². The number of nitrogens with zero attached hydrogens (tertiary/aromatic N) is 4. The van der Waals surface area contributed by atoms with Gasteiger partial charge in [-0.2, -0.15) is 18.2 Å². The lowest BCUT2D eigenvalue weighted by atomic mass is 9.99. The normalized spacial score (nSPS) is 16.6. The molecule has 3 heterocycles. The van der Waals surface area contributed by atoms with Gasteiger partial charge in [0.1, 0.15) is 17.1 Å². The maximum absolute atomic E-state index is 14.0. The summed E-state index contributed by atoms with van der Waals surface area (Å²) in [6.45, 7) is 3.17. The zero-order valence-corrected chi connectivity index (χ0v) is 28.9. The number of sulfonamides is 1. The number of halogens is 4. The second-order valence-electron chi connectivity index (χ2n) is 12.0. The van der Waals surface area contributed by atoms with Crippen LogP contribution in [0.3, 0.4) is 0 Å². The van der Waals surface area contributed by atoms with Gasteiger partial charge in [0.2, 0.25) is 16.0 Å². The molecule has 2 saturated heterocycles. The predicted molar refractivity (Wildman–Crippen MR) is 181 cm³/mol. The summed E-state index contributed by atoms with van der Waals surface area (Å²) in [7, 11) is -0.964. The molecule has 2 aromatic carbocycles. The fourth-order valence-electron chi connectivity index (χ4n) is 5.91. The lowest BCUT2D eigenvalue weighted by Crippen LogP contribution is -2.49. The fourth-order valence-corrected chi connectivity index (χ4v) is 6.60. The molecule has 0 radical (unpaired) electrons. The highest BCUT2D eigenvalue weighted by Gasteiger charge is 2.35. The van der Waals surface area contributed by atoms with Crippen molar-refractivity contribution in [1.29, 1.82) is 0 Å². The molecule has 1 aromatic heterocycles. The first-order valence-corrected chi connectivity index (χ1v) is 17.9. The quantitative estimate of drug-likeness (QED) is 0.239. The molecule has 266 valence electrons. The Kier molecular flexibility index (Phi) is 11.4. The van der Waals surface area contributed by atoms with Crippen LogP contribution in [-0.4, -0.2) is 88.0 Å². The third-order valence-corrected chi connectivity index (χ3v) is 10.1. The van der Waals surface area contributed by atoms with Gasteiger partial charge in [-0.3, -0.25) is 9.10 Å². The third kappa shape index (κ3) is 9.23. The summed E-state index contributed by atoms with van der Waals surface area (Å²) in [6, 6.07) is 9.68. The number of alkyl halides is 3. The number of carbonyl (C=O) groups is 1. The highest BCUT2D eigenvalue weighted by Crippen LogP contribution is 2.36. The molecule has 0 spiro atoms. The summed E-state index contributed by atoms with van der Waals surface area (Å²) in [5, 5.41) is 8.91. The number of methoxy groups -OCH3 is 1. The van der Waals surface area contributed by atoms with Gasteiger partial charge in [0, 0.05) is 68.8 Å². The summed E-state index contributed by atoms with van der Waals surface area (Å²) in [6.07, 6.45) is 0.598. The molecule has 0 bridgehead atoms. The Bertz CT molecular complexity index is 1750. The van der Waals surface area contributed by atoms with Crippen LogP contribution in [0, 0.1) is 0 Å². The van der Waals surface area contributed by atoms with Crippen molar-refractivity contribution in [2.24, 2.45) is 0 Å². The molecule has 12 nitrogen and oxygen atoms in total. The first-order chi connectivity index (χ1) is 23.2. The molecule has 0 aliphatic carbocycles. The summed E-state index contributed by atoms with van der Waals surface area (Å²) in [4.78, 5) is 23.6. The minimum absolute atomic E-state index is 0.0366. The number of carbonyl (C=O) groups excluding carboxylic acids is 1. The van der Waals surface area contributed by atoms with Gasteiger partial charge < -0.3 is 30.3 Å². The van der Waals surface area contributed by atoms with E-state index in [9.17, 15) is 26.4 Å². The predicted octanol–water partition coefficient (Wildman–Crippen LogP) is 5.28. The number of anilines is 4. The minimum atomic E-state index is -4.79. The van der Waals surface area contributed by atoms with E-state index in [4.69, 9.17) is 21.1 Å². The van der Waals surface area contributed by atoms with E-state index in [1.807, 2.05) is 0 Å². The van der Waals surface area contributed by atoms with Crippen LogP contribution in [0.4, 0.5) is 36.3 Å². The molecule has 49 heavy (non-hydrogen) atoms. The molecule has 17 heteroatoms. The third-order valence-electron chi connectivity index (χ3n) is 8.71. The standard InChI is InChI=1S/C32H39ClF3N7O5S/c1-42(49(3,45)46)27-17-22(33)6-4-21(27)18-37-29-25(32(34,35)36)19-38-31(41-29)40-26-7-5-20(16-28(26)47-2)30(44)39-23-8-12-43(13-9-23)24-10-14-48-15-11-24/h4-7,16-17,19,23-24H,8-15,18H2,1-3H3,(H,39,44)(H2,37,38,40,41). The number of piperidine rings is 1. The summed E-state index contributed by atoms with van der Waals surface area (Å²) < 4.78 is 78.2. The number of likely N-dealkylation sites (tertiary alicyclic amines) is 1. The van der Waals surface area contributed by atoms with Gasteiger partial charge in [0.05, 0.1) is 24.7 Å². The van der Waals surface area contributed by atoms with Crippen LogP contribution in [0.5, 0.6) is 5.75 Å². The average Bonchev–Trinajstić information content (AvgIpc) is 3.07. The monoisotopic (exact) mass is 725 g/mol. The fraction of sp³-hybridized carbons (Fsp3) is 0.469. The average molecular weight is 726 g/mol. The molecular weight excluding hydrogens is 687 g/mol. The van der Waals surface area contributed by atoms with Crippen molar-refractivity contribution in [1.82, 2.24) is 20.2 Å². The lowest BCUT2D eigenvalue weighted by Gasteiger charge is -2.39. The molecule has 3 N–H and O–H groups in total. The zero-order chi connectivity index (χ0) is 35.3. The van der Waals surface area contributed by atoms with Crippen molar-refractivity contribution < 1.29 is 35.9 Å². The number of benzene rings is 2. The summed E-state index contributed by atoms with van der Waals surface area (Å²) in [5.41, 5.74) is 0.117. The van der Waals surface area contributed by atoms with E-state index < -0.39 is 27.6 Å². The van der Waals surface area contributed by atoms with Crippen molar-refractivity contribution in [3.8, 4) is 5.75 Å². The topological polar surface area (TPSA) is 138 Å². The largest absolute Gasteiger partial charge is 0.495 e. The van der Waals surface area contributed by atoms with Gasteiger partial charge in [-0.15, -0.1) is 0 Å². The second-order valence-corrected chi connectivity index (χ2v) is 14.4. The Morgan fingerprint density at radius 3 is 2.49 bits per heavy atom. The second kappa shape index (κ2) is 15.4. The molecule has 2 fully saturated rings. The number of amides is 1. The SMILES string of the molecule is COc1cc(C(=O)NC2CCN(C3CCOCC3)CC2)ccc1Nc1ncc(C(F)(F)F)c(NCc2ccc(Cl)cc2N(C)S(C)(=O)=O)n1. The van der Waals surface area contributed by atoms with Crippen molar-refractivity contribution >= 4 is 50.7 Å². The molecule has 0 unspecified atom stereocenters. The van der Waals surface area contributed by atoms with Crippen molar-refractivity contribution in [3.63, 3.8) is 0 Å². The van der Waals surface area contributed by atoms with E-state index in [2.05, 4.69) is 30.8 Å². The van der Waals surface area contributed by atoms with Gasteiger partial charge in [0.15, 0.2) is 0 Å². The van der Waals surface area contributed by atoms with Crippen LogP contribution >= 0.6 is 11.6 Å². The molecule has 2 aliphatic rings. The summed E-state index contributed by atoms with van der Waals surface area (Å²) >= 11 is 6.08. The van der Waals surface area contributed by atoms with E-state index in [1.165, 1.54) is 32.4 Å². The van der Waals surface area contributed by atoms with Crippen LogP contribution in [-0.2, 0) is 27.5 Å². The van der Waals surface area contributed by atoms with Crippen LogP contribution < -0.4 is 25.0 Å². The molecule has 3 aromatic rings. The Morgan fingerprint density at radius 2 is 1.84 bits per heavy atom. The minimum Gasteiger partial charge on any atom is -0.495 e. The van der Waals surface area contributed by atoms with Gasteiger partial charge in [0.25, 0.3) is 5.91 Å². The number of nitrogens with one attached hydrogen (secondary N) is 3. The Morgan fingerprint density at radius 1 is 1.12 bits per heavy atom. The molecule has 5 rings (SSSR count). The van der Waals surface area contributed by atoms with E-state index in [0.29, 0.717) is 29.1 Å². The van der Waals surface area contributed by atoms with E-state index >= 15 is 0 Å². The van der Waals surface area contributed by atoms with Crippen molar-refractivity contribution in [2.45, 2.75) is 50.5 Å². The van der Waals surface area contributed by atoms with Gasteiger partial charge >= 0.3 is 6.18 Å². The van der Waals surface area contributed by atoms with Crippen LogP contribution in [0.1, 0.15) is 47.2 Å². The maximum Gasteiger partial charge on any atom is 0.421 e. The van der Waals surface area contributed by atoms with Gasteiger partial charge in [-0.05, 0) is 61.6 Å². The van der Waals surface area contributed by atoms with Crippen molar-refractivity contribution in [3.05, 3.63) is 64.3 Å². The highest BCUT2D eigenvalue weighted by atomic mass is 35.5. The smallest absolute Gasteiger partial charge is 0.421 e. The molecule has 2 aliphatic heterocycles. The van der Waals surface area contributed by atoms with Crippen LogP contribution in [0.15, 0.2) is 42.6 Å². The molecule has 1 amide bonds. The first-order valence-electron chi connectivity index (χ1n) is 15.7. The Labute approximate surface area is 288 Å². The number of hydrogen-bond donors (Lipinski definition) is 3. The molecule has 0 atom stereocenters.